The number of aromatic hydroxyl groups is 2. The fourth-order valence-electron chi connectivity index (χ4n) is 9.23. The van der Waals surface area contributed by atoms with E-state index in [0.29, 0.717) is 45.8 Å². The Morgan fingerprint density at radius 2 is 0.647 bits per heavy atom. The molecule has 0 aliphatic carbocycles. The third-order valence-electron chi connectivity index (χ3n) is 14.5. The molecule has 0 unspecified atom stereocenters. The van der Waals surface area contributed by atoms with Crippen molar-refractivity contribution >= 4 is 19.7 Å². The minimum absolute atomic E-state index is 0.000788. The Labute approximate surface area is 495 Å². The summed E-state index contributed by atoms with van der Waals surface area (Å²) in [6.45, 7) is 10.4. The van der Waals surface area contributed by atoms with Crippen LogP contribution in [0.3, 0.4) is 0 Å². The fraction of sp³-hybridized carbons (Fsp3) is 0.114. The second-order valence-electron chi connectivity index (χ2n) is 20.7. The number of nitrogens with zero attached hydrogens (tertiary/aromatic N) is 2. The summed E-state index contributed by atoms with van der Waals surface area (Å²) in [5.74, 6) is 4.63. The first-order chi connectivity index (χ1) is 40.7. The predicted molar refractivity (Wildman–Crippen MR) is 324 cm³/mol. The SMILES string of the molecule is COc1ccc(C(C)(C)c2ccc(Oc3ccc(S(=O)(=O)c4ccc(Oc5ccc(C(C)(C)c6ccc(Oc7cccc(O)c7C#N)cc6)cc5)cc4)cc3)cc2)cc1.Cc1cccc(Oc2ccc(S(=O)(=O)c3ccc(O)cc3)cc2)c1C#N. The number of phenols is 2. The van der Waals surface area contributed by atoms with Gasteiger partial charge in [-0.05, 0) is 199 Å². The number of nitriles is 2. The summed E-state index contributed by atoms with van der Waals surface area (Å²) >= 11 is 0. The van der Waals surface area contributed by atoms with E-state index in [0.717, 1.165) is 33.6 Å². The summed E-state index contributed by atoms with van der Waals surface area (Å²) in [7, 11) is -5.82. The Bertz CT molecular complexity index is 4290. The molecule has 0 bridgehead atoms. The van der Waals surface area contributed by atoms with E-state index in [1.165, 1.54) is 66.7 Å². The number of benzene rings is 10. The van der Waals surface area contributed by atoms with Crippen molar-refractivity contribution in [2.45, 2.75) is 65.0 Å². The zero-order chi connectivity index (χ0) is 60.5. The van der Waals surface area contributed by atoms with Crippen molar-refractivity contribution in [3.05, 3.63) is 269 Å². The topological polar surface area (TPSA) is 202 Å². The van der Waals surface area contributed by atoms with Crippen molar-refractivity contribution < 1.29 is 50.7 Å². The van der Waals surface area contributed by atoms with Gasteiger partial charge in [-0.25, -0.2) is 16.8 Å². The number of rotatable bonds is 17. The molecule has 13 nitrogen and oxygen atoms in total. The van der Waals surface area contributed by atoms with E-state index in [1.807, 2.05) is 104 Å². The smallest absolute Gasteiger partial charge is 0.206 e. The summed E-state index contributed by atoms with van der Waals surface area (Å²) < 4.78 is 81.3. The van der Waals surface area contributed by atoms with Gasteiger partial charge in [0, 0.05) is 10.8 Å². The molecule has 0 amide bonds. The van der Waals surface area contributed by atoms with Gasteiger partial charge in [0.2, 0.25) is 19.7 Å². The molecule has 85 heavy (non-hydrogen) atoms. The summed E-state index contributed by atoms with van der Waals surface area (Å²) in [4.78, 5) is 0.504. The van der Waals surface area contributed by atoms with Gasteiger partial charge >= 0.3 is 0 Å². The molecule has 15 heteroatoms. The number of sulfone groups is 2. The third kappa shape index (κ3) is 13.5. The molecule has 0 aliphatic rings. The van der Waals surface area contributed by atoms with Crippen LogP contribution in [0.15, 0.2) is 250 Å². The van der Waals surface area contributed by atoms with Crippen LogP contribution in [0.2, 0.25) is 0 Å². The van der Waals surface area contributed by atoms with Crippen molar-refractivity contribution in [3.63, 3.8) is 0 Å². The van der Waals surface area contributed by atoms with Gasteiger partial charge in [-0.2, -0.15) is 10.5 Å². The number of methoxy groups -OCH3 is 1. The molecular weight excluding hydrogens is 1110 g/mol. The molecule has 10 aromatic carbocycles. The lowest BCUT2D eigenvalue weighted by Crippen LogP contribution is -2.18. The Balaban J connectivity index is 0.000000277. The molecule has 0 fully saturated rings. The maximum Gasteiger partial charge on any atom is 0.206 e. The van der Waals surface area contributed by atoms with Crippen molar-refractivity contribution in [1.29, 1.82) is 10.5 Å². The molecule has 426 valence electrons. The molecule has 0 saturated heterocycles. The highest BCUT2D eigenvalue weighted by atomic mass is 32.2. The van der Waals surface area contributed by atoms with Crippen LogP contribution in [0, 0.1) is 29.6 Å². The van der Waals surface area contributed by atoms with Crippen LogP contribution in [-0.2, 0) is 30.5 Å². The van der Waals surface area contributed by atoms with Crippen LogP contribution in [0.25, 0.3) is 0 Å². The van der Waals surface area contributed by atoms with Gasteiger partial charge in [-0.15, -0.1) is 0 Å². The molecule has 10 rings (SSSR count). The van der Waals surface area contributed by atoms with Crippen LogP contribution in [-0.4, -0.2) is 34.2 Å². The predicted octanol–water partition coefficient (Wildman–Crippen LogP) is 16.3. The van der Waals surface area contributed by atoms with E-state index in [1.54, 1.807) is 67.8 Å². The van der Waals surface area contributed by atoms with Crippen LogP contribution in [0.1, 0.15) is 66.6 Å². The second kappa shape index (κ2) is 25.0. The zero-order valence-electron chi connectivity index (χ0n) is 47.2. The van der Waals surface area contributed by atoms with E-state index in [4.69, 9.17) is 23.7 Å². The van der Waals surface area contributed by atoms with Gasteiger partial charge in [0.15, 0.2) is 0 Å². The normalized spacial score (nSPS) is 11.4. The first-order valence-electron chi connectivity index (χ1n) is 26.7. The van der Waals surface area contributed by atoms with Gasteiger partial charge in [-0.3, -0.25) is 0 Å². The van der Waals surface area contributed by atoms with Crippen molar-refractivity contribution in [1.82, 2.24) is 0 Å². The minimum atomic E-state index is -3.79. The minimum Gasteiger partial charge on any atom is -0.508 e. The Morgan fingerprint density at radius 1 is 0.365 bits per heavy atom. The molecule has 0 heterocycles. The molecule has 0 saturated carbocycles. The maximum absolute atomic E-state index is 13.5. The molecule has 0 aromatic heterocycles. The van der Waals surface area contributed by atoms with Crippen LogP contribution in [0.5, 0.6) is 63.2 Å². The lowest BCUT2D eigenvalue weighted by Gasteiger charge is -2.26. The van der Waals surface area contributed by atoms with Crippen molar-refractivity contribution in [3.8, 4) is 75.4 Å². The fourth-order valence-corrected chi connectivity index (χ4v) is 11.8. The molecule has 0 spiro atoms. The van der Waals surface area contributed by atoms with Crippen LogP contribution in [0.4, 0.5) is 0 Å². The van der Waals surface area contributed by atoms with Crippen LogP contribution < -0.4 is 23.7 Å². The average Bonchev–Trinajstić information content (AvgIpc) is 3.49. The highest BCUT2D eigenvalue weighted by Gasteiger charge is 2.26. The lowest BCUT2D eigenvalue weighted by molar-refractivity contribution is 0.414. The number of aryl methyl sites for hydroxylation is 1. The number of hydrogen-bond donors (Lipinski definition) is 2. The summed E-state index contributed by atoms with van der Waals surface area (Å²) in [5.41, 5.74) is 5.12. The third-order valence-corrected chi connectivity index (χ3v) is 18.0. The molecular formula is C70H58N2O11S2. The summed E-state index contributed by atoms with van der Waals surface area (Å²) in [6, 6.07) is 69.5. The molecule has 0 aliphatic heterocycles. The van der Waals surface area contributed by atoms with Gasteiger partial charge in [0.25, 0.3) is 0 Å². The van der Waals surface area contributed by atoms with E-state index in [-0.39, 0.29) is 53.2 Å². The number of hydrogen-bond acceptors (Lipinski definition) is 13. The maximum atomic E-state index is 13.5. The van der Waals surface area contributed by atoms with Crippen molar-refractivity contribution in [2.24, 2.45) is 0 Å². The van der Waals surface area contributed by atoms with Gasteiger partial charge in [0.1, 0.15) is 80.9 Å². The molecule has 0 radical (unpaired) electrons. The summed E-state index contributed by atoms with van der Waals surface area (Å²) in [5, 5.41) is 37.9. The largest absolute Gasteiger partial charge is 0.508 e. The van der Waals surface area contributed by atoms with E-state index in [2.05, 4.69) is 45.9 Å². The van der Waals surface area contributed by atoms with Gasteiger partial charge in [0.05, 0.1) is 32.3 Å². The summed E-state index contributed by atoms with van der Waals surface area (Å²) in [6.07, 6.45) is 0. The molecule has 0 atom stereocenters. The monoisotopic (exact) mass is 1170 g/mol. The second-order valence-corrected chi connectivity index (χ2v) is 24.6. The first-order valence-corrected chi connectivity index (χ1v) is 29.6. The van der Waals surface area contributed by atoms with E-state index >= 15 is 0 Å². The lowest BCUT2D eigenvalue weighted by atomic mass is 9.78. The van der Waals surface area contributed by atoms with Crippen LogP contribution >= 0.6 is 0 Å². The quantitative estimate of drug-likeness (QED) is 0.0872. The van der Waals surface area contributed by atoms with E-state index < -0.39 is 19.7 Å². The zero-order valence-corrected chi connectivity index (χ0v) is 48.9. The highest BCUT2D eigenvalue weighted by molar-refractivity contribution is 7.91. The van der Waals surface area contributed by atoms with Gasteiger partial charge < -0.3 is 33.9 Å². The number of phenolic OH excluding ortho intramolecular Hbond substituents is 2. The standard InChI is InChI=1S/C50H43NO7S.C20H15NO4S/c1-49(2,34-9-17-38(55-5)18-10-34)35-11-19-39(20-12-35)56-41-25-29-44(30-26-41)59(53,54)45-31-27-42(28-32-45)57-40-21-13-36(14-22-40)50(3,4)37-15-23-43(24-16-37)58-48-8-6-7-47(52)46(48)33-51;1-14-3-2-4-20(19(14)13-21)25-16-7-11-18(12-8-16)26(23,24)17-9-5-15(22)6-10-17/h6-32,52H,1-5H3;2-12,22H,1H3. The molecule has 10 aromatic rings. The Morgan fingerprint density at radius 3 is 0.976 bits per heavy atom. The van der Waals surface area contributed by atoms with Gasteiger partial charge in [-0.1, -0.05) is 94.4 Å². The Hall–Kier alpha value is -10.3. The first kappa shape index (κ1) is 59.3. The Kier molecular flexibility index (Phi) is 17.5. The molecule has 2 N–H and O–H groups in total. The average molecular weight is 1170 g/mol. The van der Waals surface area contributed by atoms with E-state index in [9.17, 15) is 37.6 Å². The van der Waals surface area contributed by atoms with Crippen molar-refractivity contribution in [2.75, 3.05) is 7.11 Å². The highest BCUT2D eigenvalue weighted by Crippen LogP contribution is 2.38. The number of ether oxygens (including phenoxy) is 5.